The molecule has 2 aliphatic rings. The first kappa shape index (κ1) is 25.2. The number of aromatic nitrogens is 6. The van der Waals surface area contributed by atoms with Gasteiger partial charge in [-0.3, -0.25) is 19.3 Å². The van der Waals surface area contributed by atoms with Crippen molar-refractivity contribution in [3.63, 3.8) is 0 Å². The maximum Gasteiger partial charge on any atom is 0.319 e. The second kappa shape index (κ2) is 9.92. The Morgan fingerprint density at radius 1 is 1.08 bits per heavy atom. The van der Waals surface area contributed by atoms with Gasteiger partial charge in [0.05, 0.1) is 17.4 Å². The Labute approximate surface area is 225 Å². The molecule has 0 unspecified atom stereocenters. The van der Waals surface area contributed by atoms with Gasteiger partial charge in [-0.2, -0.15) is 15.1 Å². The first-order valence-electron chi connectivity index (χ1n) is 13.4. The number of nitrogens with one attached hydrogen (secondary N) is 1. The lowest BCUT2D eigenvalue weighted by molar-refractivity contribution is -0.129. The fourth-order valence-electron chi connectivity index (χ4n) is 5.69. The molecule has 2 saturated heterocycles. The largest absolute Gasteiger partial charge is 0.462 e. The number of H-pyrrole nitrogens is 1. The van der Waals surface area contributed by atoms with Crippen molar-refractivity contribution in [3.05, 3.63) is 40.1 Å². The number of hydrogen-bond donors (Lipinski definition) is 1. The first-order valence-corrected chi connectivity index (χ1v) is 13.4. The van der Waals surface area contributed by atoms with E-state index in [1.807, 2.05) is 30.9 Å². The average Bonchev–Trinajstić information content (AvgIpc) is 3.57. The van der Waals surface area contributed by atoms with Crippen molar-refractivity contribution in [2.24, 2.45) is 0 Å². The third-order valence-corrected chi connectivity index (χ3v) is 7.97. The molecule has 0 spiro atoms. The van der Waals surface area contributed by atoms with Gasteiger partial charge in [-0.15, -0.1) is 0 Å². The van der Waals surface area contributed by atoms with Gasteiger partial charge in [-0.1, -0.05) is 6.07 Å². The molecule has 1 amide bonds. The van der Waals surface area contributed by atoms with E-state index in [-0.39, 0.29) is 29.0 Å². The number of rotatable bonds is 5. The van der Waals surface area contributed by atoms with Crippen LogP contribution in [0.2, 0.25) is 0 Å². The number of aryl methyl sites for hydroxylation is 2. The van der Waals surface area contributed by atoms with E-state index in [0.717, 1.165) is 41.5 Å². The number of amides is 1. The molecule has 1 aromatic carbocycles. The van der Waals surface area contributed by atoms with Gasteiger partial charge in [-0.25, -0.2) is 4.98 Å². The lowest BCUT2D eigenvalue weighted by Crippen LogP contribution is -2.48. The van der Waals surface area contributed by atoms with Gasteiger partial charge in [0.15, 0.2) is 11.3 Å². The molecule has 4 aromatic rings. The summed E-state index contributed by atoms with van der Waals surface area (Å²) in [6.07, 6.45) is 3.90. The summed E-state index contributed by atoms with van der Waals surface area (Å²) in [5.74, 6) is 1.13. The van der Waals surface area contributed by atoms with Crippen LogP contribution < -0.4 is 15.2 Å². The van der Waals surface area contributed by atoms with Crippen molar-refractivity contribution in [2.45, 2.75) is 39.7 Å². The summed E-state index contributed by atoms with van der Waals surface area (Å²) in [6.45, 7) is 9.13. The lowest BCUT2D eigenvalue weighted by Gasteiger charge is -2.35. The number of ether oxygens (including phenoxy) is 1. The van der Waals surface area contributed by atoms with Crippen molar-refractivity contribution in [3.8, 4) is 11.7 Å². The van der Waals surface area contributed by atoms with Crippen molar-refractivity contribution >= 4 is 33.7 Å². The van der Waals surface area contributed by atoms with Crippen LogP contribution in [0, 0.1) is 13.8 Å². The van der Waals surface area contributed by atoms with Crippen molar-refractivity contribution in [1.29, 1.82) is 0 Å². The molecule has 6 rings (SSSR count). The topological polar surface area (TPSA) is 125 Å². The Bertz CT molecular complexity index is 1620. The van der Waals surface area contributed by atoms with Crippen LogP contribution in [-0.4, -0.2) is 97.8 Å². The molecule has 3 aromatic heterocycles. The zero-order chi connectivity index (χ0) is 27.3. The van der Waals surface area contributed by atoms with Gasteiger partial charge < -0.3 is 19.4 Å². The Hall–Kier alpha value is -4.06. The fourth-order valence-corrected chi connectivity index (χ4v) is 5.69. The molecular weight excluding hydrogens is 498 g/mol. The summed E-state index contributed by atoms with van der Waals surface area (Å²) in [7, 11) is 2.09. The average molecular weight is 532 g/mol. The normalized spacial score (nSPS) is 18.4. The Kier molecular flexibility index (Phi) is 6.42. The van der Waals surface area contributed by atoms with Gasteiger partial charge in [-0.05, 0) is 51.9 Å². The molecule has 0 saturated carbocycles. The molecule has 1 atom stereocenters. The number of aromatic amines is 1. The van der Waals surface area contributed by atoms with Gasteiger partial charge in [0.1, 0.15) is 17.9 Å². The summed E-state index contributed by atoms with van der Waals surface area (Å²) in [4.78, 5) is 46.5. The first-order chi connectivity index (χ1) is 18.8. The highest BCUT2D eigenvalue weighted by Crippen LogP contribution is 2.28. The number of hydrogen-bond acceptors (Lipinski definition) is 9. The molecule has 0 aliphatic carbocycles. The SMILES string of the molecule is CC(=O)N1CCN(c2nc(OC[C@@H]3CCCN3C)nc3c(=O)n(-c4c(C)ccc5[nH]ncc45)c(C)nc23)CC1. The zero-order valence-electron chi connectivity index (χ0n) is 22.8. The van der Waals surface area contributed by atoms with Gasteiger partial charge in [0.25, 0.3) is 5.56 Å². The second-order valence-electron chi connectivity index (χ2n) is 10.5. The predicted molar refractivity (Wildman–Crippen MR) is 148 cm³/mol. The predicted octanol–water partition coefficient (Wildman–Crippen LogP) is 1.81. The van der Waals surface area contributed by atoms with E-state index in [0.29, 0.717) is 49.9 Å². The Morgan fingerprint density at radius 2 is 1.87 bits per heavy atom. The third kappa shape index (κ3) is 4.48. The molecule has 39 heavy (non-hydrogen) atoms. The van der Waals surface area contributed by atoms with Crippen LogP contribution in [0.1, 0.15) is 31.2 Å². The molecular formula is C27H33N9O3. The van der Waals surface area contributed by atoms with Gasteiger partial charge >= 0.3 is 6.01 Å². The highest BCUT2D eigenvalue weighted by atomic mass is 16.5. The molecule has 5 heterocycles. The van der Waals surface area contributed by atoms with Crippen molar-refractivity contribution < 1.29 is 9.53 Å². The number of carbonyl (C=O) groups is 1. The minimum Gasteiger partial charge on any atom is -0.462 e. The number of anilines is 1. The minimum atomic E-state index is -0.289. The van der Waals surface area contributed by atoms with E-state index in [4.69, 9.17) is 14.7 Å². The van der Waals surface area contributed by atoms with Crippen LogP contribution in [0.3, 0.4) is 0 Å². The maximum absolute atomic E-state index is 14.2. The number of piperazine rings is 1. The molecule has 12 heteroatoms. The highest BCUT2D eigenvalue weighted by Gasteiger charge is 2.27. The Morgan fingerprint density at radius 3 is 2.59 bits per heavy atom. The number of likely N-dealkylation sites (tertiary alicyclic amines) is 1. The number of benzene rings is 1. The Balaban J connectivity index is 1.49. The molecule has 12 nitrogen and oxygen atoms in total. The zero-order valence-corrected chi connectivity index (χ0v) is 22.8. The smallest absolute Gasteiger partial charge is 0.319 e. The number of carbonyl (C=O) groups excluding carboxylic acids is 1. The lowest BCUT2D eigenvalue weighted by atomic mass is 10.1. The van der Waals surface area contributed by atoms with Gasteiger partial charge in [0, 0.05) is 44.5 Å². The summed E-state index contributed by atoms with van der Waals surface area (Å²) in [6, 6.07) is 4.35. The van der Waals surface area contributed by atoms with Crippen LogP contribution in [0.4, 0.5) is 5.82 Å². The fraction of sp³-hybridized carbons (Fsp3) is 0.481. The van der Waals surface area contributed by atoms with E-state index in [1.54, 1.807) is 17.7 Å². The van der Waals surface area contributed by atoms with E-state index < -0.39 is 0 Å². The summed E-state index contributed by atoms with van der Waals surface area (Å²) < 4.78 is 7.73. The monoisotopic (exact) mass is 531 g/mol. The number of likely N-dealkylation sites (N-methyl/N-ethyl adjacent to an activating group) is 1. The second-order valence-corrected chi connectivity index (χ2v) is 10.5. The van der Waals surface area contributed by atoms with Crippen LogP contribution in [0.25, 0.3) is 27.6 Å². The number of nitrogens with zero attached hydrogens (tertiary/aromatic N) is 8. The minimum absolute atomic E-state index is 0.0487. The molecule has 2 aliphatic heterocycles. The molecule has 204 valence electrons. The van der Waals surface area contributed by atoms with Crippen LogP contribution in [0.15, 0.2) is 23.1 Å². The third-order valence-electron chi connectivity index (χ3n) is 7.97. The maximum atomic E-state index is 14.2. The summed E-state index contributed by atoms with van der Waals surface area (Å²) in [5.41, 5.74) is 2.83. The van der Waals surface area contributed by atoms with Crippen molar-refractivity contribution in [2.75, 3.05) is 51.3 Å². The van der Waals surface area contributed by atoms with Gasteiger partial charge in [0.2, 0.25) is 5.91 Å². The highest BCUT2D eigenvalue weighted by molar-refractivity contribution is 5.90. The van der Waals surface area contributed by atoms with E-state index >= 15 is 0 Å². The number of fused-ring (bicyclic) bond motifs is 2. The summed E-state index contributed by atoms with van der Waals surface area (Å²) in [5, 5.41) is 7.99. The van der Waals surface area contributed by atoms with E-state index in [1.165, 1.54) is 0 Å². The summed E-state index contributed by atoms with van der Waals surface area (Å²) >= 11 is 0. The van der Waals surface area contributed by atoms with E-state index in [2.05, 4.69) is 32.0 Å². The van der Waals surface area contributed by atoms with Crippen LogP contribution >= 0.6 is 0 Å². The van der Waals surface area contributed by atoms with E-state index in [9.17, 15) is 9.59 Å². The molecule has 1 N–H and O–H groups in total. The van der Waals surface area contributed by atoms with Crippen LogP contribution in [0.5, 0.6) is 6.01 Å². The molecule has 0 radical (unpaired) electrons. The quantitative estimate of drug-likeness (QED) is 0.410. The molecule has 2 fully saturated rings. The standard InChI is InChI=1S/C27H33N9O3/c1-16-7-8-21-20(14-28-32-21)24(16)36-17(2)29-22-23(26(36)38)30-27(39-15-19-6-5-9-33(19)4)31-25(22)35-12-10-34(11-13-35)18(3)37/h7-8,14,19H,5-6,9-13,15H2,1-4H3,(H,28,32)/t19-/m0/s1. The molecule has 0 bridgehead atoms. The van der Waals surface area contributed by atoms with Crippen molar-refractivity contribution in [1.82, 2.24) is 39.5 Å². The van der Waals surface area contributed by atoms with Crippen LogP contribution in [-0.2, 0) is 4.79 Å².